The van der Waals surface area contributed by atoms with E-state index in [1.54, 1.807) is 61.7 Å². The zero-order valence-corrected chi connectivity index (χ0v) is 18.8. The molecule has 0 saturated carbocycles. The van der Waals surface area contributed by atoms with Gasteiger partial charge in [0.05, 0.1) is 24.4 Å². The van der Waals surface area contributed by atoms with Gasteiger partial charge in [-0.3, -0.25) is 4.79 Å². The monoisotopic (exact) mass is 474 g/mol. The third-order valence-electron chi connectivity index (χ3n) is 5.48. The molecule has 0 amide bonds. The van der Waals surface area contributed by atoms with Crippen molar-refractivity contribution in [3.8, 4) is 17.2 Å². The fourth-order valence-corrected chi connectivity index (χ4v) is 4.36. The number of rotatable bonds is 7. The van der Waals surface area contributed by atoms with E-state index < -0.39 is 11.8 Å². The van der Waals surface area contributed by atoms with Gasteiger partial charge in [0.2, 0.25) is 6.79 Å². The van der Waals surface area contributed by atoms with Crippen LogP contribution in [0.25, 0.3) is 16.6 Å². The Morgan fingerprint density at radius 3 is 2.59 bits per heavy atom. The molecule has 8 nitrogen and oxygen atoms in total. The van der Waals surface area contributed by atoms with Gasteiger partial charge in [0.25, 0.3) is 0 Å². The Morgan fingerprint density at radius 1 is 0.971 bits per heavy atom. The Balaban J connectivity index is 1.68. The first-order valence-electron chi connectivity index (χ1n) is 10.3. The van der Waals surface area contributed by atoms with Gasteiger partial charge in [-0.25, -0.2) is 4.79 Å². The van der Waals surface area contributed by atoms with Gasteiger partial charge in [0.1, 0.15) is 16.8 Å². The SMILES string of the molecule is COc1cccc(C/C(C(=O)c2ccc3c(c2)OCO3)=C(\C(=O)O)c2ccc3nsnc3c2)c1. The number of ether oxygens (including phenoxy) is 3. The van der Waals surface area contributed by atoms with E-state index in [4.69, 9.17) is 14.2 Å². The van der Waals surface area contributed by atoms with Gasteiger partial charge in [-0.15, -0.1) is 0 Å². The van der Waals surface area contributed by atoms with E-state index in [9.17, 15) is 14.7 Å². The lowest BCUT2D eigenvalue weighted by atomic mass is 9.89. The number of carbonyl (C=O) groups excluding carboxylic acids is 1. The second-order valence-electron chi connectivity index (χ2n) is 7.55. The lowest BCUT2D eigenvalue weighted by Crippen LogP contribution is -2.14. The first-order valence-corrected chi connectivity index (χ1v) is 11.0. The van der Waals surface area contributed by atoms with Crippen LogP contribution in [0, 0.1) is 0 Å². The molecule has 0 fully saturated rings. The van der Waals surface area contributed by atoms with Crippen LogP contribution in [0.1, 0.15) is 21.5 Å². The van der Waals surface area contributed by atoms with Crippen LogP contribution in [0.2, 0.25) is 0 Å². The number of fused-ring (bicyclic) bond motifs is 2. The molecular weight excluding hydrogens is 456 g/mol. The Bertz CT molecular complexity index is 1460. The highest BCUT2D eigenvalue weighted by atomic mass is 32.1. The van der Waals surface area contributed by atoms with E-state index in [2.05, 4.69) is 8.75 Å². The van der Waals surface area contributed by atoms with Crippen LogP contribution in [-0.2, 0) is 11.2 Å². The molecule has 4 aromatic rings. The quantitative estimate of drug-likeness (QED) is 0.310. The van der Waals surface area contributed by atoms with E-state index in [1.165, 1.54) is 0 Å². The summed E-state index contributed by atoms with van der Waals surface area (Å²) in [5.74, 6) is -0.0444. The standard InChI is InChI=1S/C25H18N2O6S/c1-31-17-4-2-3-14(9-17)10-18(24(28)16-6-8-21-22(12-16)33-13-32-21)23(25(29)30)15-5-7-19-20(11-15)27-34-26-19/h2-9,11-12H,10,13H2,1H3,(H,29,30)/b23-18+. The van der Waals surface area contributed by atoms with Crippen molar-refractivity contribution in [3.63, 3.8) is 0 Å². The normalized spacial score (nSPS) is 13.0. The number of aromatic nitrogens is 2. The zero-order chi connectivity index (χ0) is 23.7. The molecule has 0 radical (unpaired) electrons. The summed E-state index contributed by atoms with van der Waals surface area (Å²) in [4.78, 5) is 26.3. The molecule has 1 aliphatic rings. The number of hydrogen-bond donors (Lipinski definition) is 1. The van der Waals surface area contributed by atoms with Crippen LogP contribution >= 0.6 is 11.7 Å². The van der Waals surface area contributed by atoms with Crippen molar-refractivity contribution in [3.05, 3.63) is 82.9 Å². The molecule has 0 saturated heterocycles. The van der Waals surface area contributed by atoms with E-state index >= 15 is 0 Å². The Hall–Kier alpha value is -4.24. The van der Waals surface area contributed by atoms with Crippen molar-refractivity contribution < 1.29 is 28.9 Å². The van der Waals surface area contributed by atoms with Crippen LogP contribution < -0.4 is 14.2 Å². The summed E-state index contributed by atoms with van der Waals surface area (Å²) in [7, 11) is 1.55. The van der Waals surface area contributed by atoms with Crippen LogP contribution in [0.5, 0.6) is 17.2 Å². The first kappa shape index (κ1) is 21.6. The van der Waals surface area contributed by atoms with Crippen molar-refractivity contribution in [1.29, 1.82) is 0 Å². The average molecular weight is 474 g/mol. The molecule has 0 atom stereocenters. The molecule has 0 unspecified atom stereocenters. The summed E-state index contributed by atoms with van der Waals surface area (Å²) in [6, 6.07) is 17.0. The number of allylic oxidation sites excluding steroid dienone is 1. The smallest absolute Gasteiger partial charge is 0.336 e. The number of carbonyl (C=O) groups is 2. The second-order valence-corrected chi connectivity index (χ2v) is 8.08. The van der Waals surface area contributed by atoms with Crippen LogP contribution in [-0.4, -0.2) is 39.5 Å². The number of benzene rings is 3. The number of hydrogen-bond acceptors (Lipinski definition) is 8. The molecule has 1 N–H and O–H groups in total. The van der Waals surface area contributed by atoms with Crippen molar-refractivity contribution in [2.75, 3.05) is 13.9 Å². The highest BCUT2D eigenvalue weighted by Crippen LogP contribution is 2.35. The number of ketones is 1. The molecule has 0 aliphatic carbocycles. The summed E-state index contributed by atoms with van der Waals surface area (Å²) in [6.07, 6.45) is 0.0828. The first-order chi connectivity index (χ1) is 16.5. The van der Waals surface area contributed by atoms with Gasteiger partial charge in [0, 0.05) is 17.6 Å². The van der Waals surface area contributed by atoms with E-state index in [-0.39, 0.29) is 24.4 Å². The molecule has 0 bridgehead atoms. The molecule has 2 heterocycles. The van der Waals surface area contributed by atoms with Gasteiger partial charge in [-0.05, 0) is 53.6 Å². The molecule has 34 heavy (non-hydrogen) atoms. The number of aliphatic carboxylic acids is 1. The molecule has 5 rings (SSSR count). The minimum atomic E-state index is -1.21. The minimum Gasteiger partial charge on any atom is -0.497 e. The fraction of sp³-hybridized carbons (Fsp3) is 0.120. The number of nitrogens with zero attached hydrogens (tertiary/aromatic N) is 2. The van der Waals surface area contributed by atoms with Crippen molar-refractivity contribution >= 4 is 40.1 Å². The summed E-state index contributed by atoms with van der Waals surface area (Å²) in [6.45, 7) is 0.0710. The molecule has 1 aromatic heterocycles. The van der Waals surface area contributed by atoms with Crippen LogP contribution in [0.3, 0.4) is 0 Å². The van der Waals surface area contributed by atoms with E-state index in [0.29, 0.717) is 39.4 Å². The Morgan fingerprint density at radius 2 is 1.76 bits per heavy atom. The van der Waals surface area contributed by atoms with Gasteiger partial charge in [-0.2, -0.15) is 8.75 Å². The molecular formula is C25H18N2O6S. The summed E-state index contributed by atoms with van der Waals surface area (Å²) >= 11 is 1.04. The topological polar surface area (TPSA) is 108 Å². The number of methoxy groups -OCH3 is 1. The van der Waals surface area contributed by atoms with E-state index in [0.717, 1.165) is 17.3 Å². The maximum atomic E-state index is 13.8. The fourth-order valence-electron chi connectivity index (χ4n) is 3.85. The van der Waals surface area contributed by atoms with Crippen molar-refractivity contribution in [2.24, 2.45) is 0 Å². The van der Waals surface area contributed by atoms with Crippen molar-refractivity contribution in [1.82, 2.24) is 8.75 Å². The Kier molecular flexibility index (Phi) is 5.69. The minimum absolute atomic E-state index is 0.0710. The summed E-state index contributed by atoms with van der Waals surface area (Å²) in [5, 5.41) is 10.2. The lowest BCUT2D eigenvalue weighted by Gasteiger charge is -2.14. The number of carboxylic acid groups (broad SMARTS) is 1. The highest BCUT2D eigenvalue weighted by molar-refractivity contribution is 7.00. The molecule has 9 heteroatoms. The predicted molar refractivity (Wildman–Crippen MR) is 126 cm³/mol. The third kappa shape index (κ3) is 4.08. The third-order valence-corrected chi connectivity index (χ3v) is 6.04. The zero-order valence-electron chi connectivity index (χ0n) is 18.0. The summed E-state index contributed by atoms with van der Waals surface area (Å²) in [5.41, 5.74) is 2.67. The number of carboxylic acids is 1. The van der Waals surface area contributed by atoms with Gasteiger partial charge in [0.15, 0.2) is 17.3 Å². The van der Waals surface area contributed by atoms with Crippen LogP contribution in [0.4, 0.5) is 0 Å². The largest absolute Gasteiger partial charge is 0.497 e. The van der Waals surface area contributed by atoms with Gasteiger partial charge < -0.3 is 19.3 Å². The number of Topliss-reactive ketones (excluding diaryl/α,β-unsaturated/α-hetero) is 1. The second kappa shape index (κ2) is 8.95. The predicted octanol–water partition coefficient (Wildman–Crippen LogP) is 4.39. The van der Waals surface area contributed by atoms with Crippen molar-refractivity contribution in [2.45, 2.75) is 6.42 Å². The van der Waals surface area contributed by atoms with E-state index in [1.807, 2.05) is 6.07 Å². The lowest BCUT2D eigenvalue weighted by molar-refractivity contribution is -0.130. The molecule has 0 spiro atoms. The average Bonchev–Trinajstić information content (AvgIpc) is 3.51. The maximum absolute atomic E-state index is 13.8. The summed E-state index contributed by atoms with van der Waals surface area (Å²) < 4.78 is 24.4. The molecule has 1 aliphatic heterocycles. The molecule has 3 aromatic carbocycles. The van der Waals surface area contributed by atoms with Gasteiger partial charge >= 0.3 is 5.97 Å². The molecule has 170 valence electrons. The van der Waals surface area contributed by atoms with Crippen LogP contribution in [0.15, 0.2) is 66.2 Å². The highest BCUT2D eigenvalue weighted by Gasteiger charge is 2.26. The van der Waals surface area contributed by atoms with Gasteiger partial charge in [-0.1, -0.05) is 18.2 Å². The maximum Gasteiger partial charge on any atom is 0.336 e. The Labute approximate surface area is 198 Å².